The van der Waals surface area contributed by atoms with Gasteiger partial charge in [-0.1, -0.05) is 12.1 Å². The molecule has 0 radical (unpaired) electrons. The van der Waals surface area contributed by atoms with Crippen LogP contribution in [0.5, 0.6) is 0 Å². The number of hydrogen-bond acceptors (Lipinski definition) is 6. The molecule has 6 heteroatoms. The Morgan fingerprint density at radius 2 is 2.16 bits per heavy atom. The van der Waals surface area contributed by atoms with Crippen LogP contribution in [0.25, 0.3) is 11.4 Å². The largest absolute Gasteiger partial charge is 0.383 e. The summed E-state index contributed by atoms with van der Waals surface area (Å²) in [7, 11) is 1.68. The van der Waals surface area contributed by atoms with Crippen LogP contribution in [0.1, 0.15) is 12.8 Å². The minimum Gasteiger partial charge on any atom is -0.383 e. The molecule has 0 aromatic carbocycles. The topological polar surface area (TPSA) is 73.1 Å². The molecule has 2 aromatic heterocycles. The van der Waals surface area contributed by atoms with Gasteiger partial charge in [0.25, 0.3) is 0 Å². The Morgan fingerprint density at radius 3 is 2.84 bits per heavy atom. The van der Waals surface area contributed by atoms with Crippen molar-refractivity contribution >= 4 is 0 Å². The molecule has 19 heavy (non-hydrogen) atoms. The third kappa shape index (κ3) is 3.84. The van der Waals surface area contributed by atoms with Crippen molar-refractivity contribution in [1.29, 1.82) is 0 Å². The molecular weight excluding hydrogens is 244 g/mol. The summed E-state index contributed by atoms with van der Waals surface area (Å²) >= 11 is 0. The van der Waals surface area contributed by atoms with Gasteiger partial charge in [-0.3, -0.25) is 4.98 Å². The minimum atomic E-state index is 0.181. The zero-order valence-electron chi connectivity index (χ0n) is 11.2. The number of rotatable bonds is 7. The standard InChI is InChI=1S/C13H18N4O2/c1-3-15-11(9-18-2)8-12-16-13(17-19-12)10-4-6-14-7-5-10/h4-7,11,15H,3,8-9H2,1-2H3. The Labute approximate surface area is 112 Å². The Balaban J connectivity index is 2.04. The Kier molecular flexibility index (Phi) is 5.00. The molecule has 0 bridgehead atoms. The summed E-state index contributed by atoms with van der Waals surface area (Å²) in [5, 5.41) is 7.30. The van der Waals surface area contributed by atoms with Gasteiger partial charge >= 0.3 is 0 Å². The summed E-state index contributed by atoms with van der Waals surface area (Å²) in [6.07, 6.45) is 4.06. The fraction of sp³-hybridized carbons (Fsp3) is 0.462. The van der Waals surface area contributed by atoms with E-state index in [0.29, 0.717) is 24.7 Å². The second-order valence-corrected chi connectivity index (χ2v) is 4.16. The van der Waals surface area contributed by atoms with Crippen LogP contribution in [0.2, 0.25) is 0 Å². The molecule has 1 atom stereocenters. The first-order valence-corrected chi connectivity index (χ1v) is 6.28. The lowest BCUT2D eigenvalue weighted by Crippen LogP contribution is -2.35. The molecule has 1 N–H and O–H groups in total. The molecule has 0 amide bonds. The van der Waals surface area contributed by atoms with Gasteiger partial charge in [0, 0.05) is 37.5 Å². The van der Waals surface area contributed by atoms with Crippen LogP contribution >= 0.6 is 0 Å². The smallest absolute Gasteiger partial charge is 0.228 e. The molecule has 0 saturated carbocycles. The van der Waals surface area contributed by atoms with Crippen LogP contribution < -0.4 is 5.32 Å². The number of methoxy groups -OCH3 is 1. The normalized spacial score (nSPS) is 12.5. The molecule has 0 spiro atoms. The van der Waals surface area contributed by atoms with Crippen molar-refractivity contribution in [2.24, 2.45) is 0 Å². The van der Waals surface area contributed by atoms with Crippen LogP contribution in [0, 0.1) is 0 Å². The highest BCUT2D eigenvalue weighted by Crippen LogP contribution is 2.14. The zero-order chi connectivity index (χ0) is 13.5. The van der Waals surface area contributed by atoms with E-state index in [1.54, 1.807) is 19.5 Å². The third-order valence-electron chi connectivity index (χ3n) is 2.69. The average Bonchev–Trinajstić information content (AvgIpc) is 2.89. The molecule has 0 saturated heterocycles. The summed E-state index contributed by atoms with van der Waals surface area (Å²) in [6.45, 7) is 3.54. The van der Waals surface area contributed by atoms with Crippen molar-refractivity contribution < 1.29 is 9.26 Å². The SMILES string of the molecule is CCNC(COC)Cc1nc(-c2ccncc2)no1. The van der Waals surface area contributed by atoms with Crippen molar-refractivity contribution in [2.45, 2.75) is 19.4 Å². The zero-order valence-corrected chi connectivity index (χ0v) is 11.2. The summed E-state index contributed by atoms with van der Waals surface area (Å²) in [5.74, 6) is 1.19. The van der Waals surface area contributed by atoms with Crippen molar-refractivity contribution in [3.05, 3.63) is 30.4 Å². The van der Waals surface area contributed by atoms with Gasteiger partial charge in [0.2, 0.25) is 11.7 Å². The number of pyridine rings is 1. The van der Waals surface area contributed by atoms with Gasteiger partial charge < -0.3 is 14.6 Å². The van der Waals surface area contributed by atoms with E-state index < -0.39 is 0 Å². The second-order valence-electron chi connectivity index (χ2n) is 4.16. The van der Waals surface area contributed by atoms with Gasteiger partial charge in [-0.15, -0.1) is 0 Å². The maximum absolute atomic E-state index is 5.27. The van der Waals surface area contributed by atoms with Gasteiger partial charge in [-0.2, -0.15) is 4.98 Å². The van der Waals surface area contributed by atoms with Gasteiger partial charge in [0.1, 0.15) is 0 Å². The molecule has 0 aliphatic heterocycles. The summed E-state index contributed by atoms with van der Waals surface area (Å²) in [6, 6.07) is 3.89. The predicted molar refractivity (Wildman–Crippen MR) is 70.6 cm³/mol. The highest BCUT2D eigenvalue weighted by Gasteiger charge is 2.14. The molecule has 0 aliphatic rings. The van der Waals surface area contributed by atoms with Gasteiger partial charge in [-0.25, -0.2) is 0 Å². The van der Waals surface area contributed by atoms with Crippen molar-refractivity contribution in [3.63, 3.8) is 0 Å². The van der Waals surface area contributed by atoms with Crippen LogP contribution in [0.4, 0.5) is 0 Å². The molecule has 102 valence electrons. The number of aromatic nitrogens is 3. The Hall–Kier alpha value is -1.79. The highest BCUT2D eigenvalue weighted by molar-refractivity contribution is 5.52. The number of likely N-dealkylation sites (N-methyl/N-ethyl adjacent to an activating group) is 1. The van der Waals surface area contributed by atoms with E-state index in [-0.39, 0.29) is 6.04 Å². The number of hydrogen-bond donors (Lipinski definition) is 1. The minimum absolute atomic E-state index is 0.181. The van der Waals surface area contributed by atoms with Crippen molar-refractivity contribution in [2.75, 3.05) is 20.3 Å². The maximum Gasteiger partial charge on any atom is 0.228 e. The van der Waals surface area contributed by atoms with Gasteiger partial charge in [0.05, 0.1) is 6.61 Å². The van der Waals surface area contributed by atoms with Crippen molar-refractivity contribution in [1.82, 2.24) is 20.4 Å². The van der Waals surface area contributed by atoms with Crippen molar-refractivity contribution in [3.8, 4) is 11.4 Å². The molecule has 6 nitrogen and oxygen atoms in total. The van der Waals surface area contributed by atoms with E-state index >= 15 is 0 Å². The fourth-order valence-corrected chi connectivity index (χ4v) is 1.85. The predicted octanol–water partition coefficient (Wildman–Crippen LogP) is 1.30. The third-order valence-corrected chi connectivity index (χ3v) is 2.69. The molecule has 2 aromatic rings. The molecule has 2 rings (SSSR count). The number of nitrogens with zero attached hydrogens (tertiary/aromatic N) is 3. The summed E-state index contributed by atoms with van der Waals surface area (Å²) < 4.78 is 10.4. The first kappa shape index (κ1) is 13.6. The second kappa shape index (κ2) is 6.96. The lowest BCUT2D eigenvalue weighted by Gasteiger charge is -2.14. The average molecular weight is 262 g/mol. The molecule has 1 unspecified atom stereocenters. The highest BCUT2D eigenvalue weighted by atomic mass is 16.5. The number of nitrogens with one attached hydrogen (secondary N) is 1. The van der Waals surface area contributed by atoms with E-state index in [1.165, 1.54) is 0 Å². The van der Waals surface area contributed by atoms with Crippen LogP contribution in [-0.2, 0) is 11.2 Å². The fourth-order valence-electron chi connectivity index (χ4n) is 1.85. The Morgan fingerprint density at radius 1 is 1.37 bits per heavy atom. The van der Waals surface area contributed by atoms with E-state index in [9.17, 15) is 0 Å². The Bertz CT molecular complexity index is 480. The molecular formula is C13H18N4O2. The van der Waals surface area contributed by atoms with Crippen LogP contribution in [-0.4, -0.2) is 41.4 Å². The van der Waals surface area contributed by atoms with Gasteiger partial charge in [-0.05, 0) is 18.7 Å². The van der Waals surface area contributed by atoms with Gasteiger partial charge in [0.15, 0.2) is 0 Å². The number of ether oxygens (including phenoxy) is 1. The summed E-state index contributed by atoms with van der Waals surface area (Å²) in [4.78, 5) is 8.35. The quantitative estimate of drug-likeness (QED) is 0.810. The van der Waals surface area contributed by atoms with E-state index in [2.05, 4.69) is 27.4 Å². The molecule has 0 aliphatic carbocycles. The lowest BCUT2D eigenvalue weighted by atomic mass is 10.2. The molecule has 0 fully saturated rings. The van der Waals surface area contributed by atoms with Crippen LogP contribution in [0.3, 0.4) is 0 Å². The van der Waals surface area contributed by atoms with E-state index in [1.807, 2.05) is 12.1 Å². The van der Waals surface area contributed by atoms with E-state index in [4.69, 9.17) is 9.26 Å². The first-order valence-electron chi connectivity index (χ1n) is 6.28. The maximum atomic E-state index is 5.27. The molecule has 2 heterocycles. The monoisotopic (exact) mass is 262 g/mol. The summed E-state index contributed by atoms with van der Waals surface area (Å²) in [5.41, 5.74) is 0.900. The van der Waals surface area contributed by atoms with Crippen LogP contribution in [0.15, 0.2) is 29.0 Å². The first-order chi connectivity index (χ1) is 9.33. The lowest BCUT2D eigenvalue weighted by molar-refractivity contribution is 0.162. The van der Waals surface area contributed by atoms with E-state index in [0.717, 1.165) is 12.1 Å².